The molecule has 2 aromatic heterocycles. The van der Waals surface area contributed by atoms with E-state index in [1.54, 1.807) is 21.3 Å². The maximum Gasteiger partial charge on any atom is 0.203 e. The molecule has 0 aliphatic carbocycles. The van der Waals surface area contributed by atoms with Crippen LogP contribution in [-0.2, 0) is 0 Å². The summed E-state index contributed by atoms with van der Waals surface area (Å²) in [7, 11) is 4.79. The molecule has 0 spiro atoms. The first-order valence-corrected chi connectivity index (χ1v) is 10.5. The molecule has 0 fully saturated rings. The molecule has 0 bridgehead atoms. The number of hydrogen-bond donors (Lipinski definition) is 1. The number of nitrogens with one attached hydrogen (secondary N) is 1. The summed E-state index contributed by atoms with van der Waals surface area (Å²) in [6.45, 7) is 0. The lowest BCUT2D eigenvalue weighted by Crippen LogP contribution is -1.96. The summed E-state index contributed by atoms with van der Waals surface area (Å²) >= 11 is 0. The molecule has 164 valence electrons. The first-order valence-electron chi connectivity index (χ1n) is 10.5. The molecule has 0 saturated carbocycles. The Balaban J connectivity index is 1.71. The van der Waals surface area contributed by atoms with Crippen molar-refractivity contribution in [1.82, 2.24) is 15.0 Å². The fourth-order valence-electron chi connectivity index (χ4n) is 3.95. The van der Waals surface area contributed by atoms with Crippen molar-refractivity contribution in [2.24, 2.45) is 0 Å². The Bertz CT molecular complexity index is 1400. The van der Waals surface area contributed by atoms with Gasteiger partial charge in [-0.15, -0.1) is 0 Å². The topological polar surface area (TPSA) is 69.3 Å². The number of aromatic amines is 1. The third kappa shape index (κ3) is 3.76. The van der Waals surface area contributed by atoms with Crippen LogP contribution in [0.2, 0.25) is 0 Å². The van der Waals surface area contributed by atoms with Crippen LogP contribution in [0, 0.1) is 0 Å². The summed E-state index contributed by atoms with van der Waals surface area (Å²) in [5, 5.41) is 1.06. The van der Waals surface area contributed by atoms with Crippen molar-refractivity contribution < 1.29 is 14.2 Å². The number of pyridine rings is 1. The molecule has 3 aromatic carbocycles. The van der Waals surface area contributed by atoms with Crippen LogP contribution < -0.4 is 14.2 Å². The molecular weight excluding hydrogens is 414 g/mol. The molecule has 5 rings (SSSR count). The number of methoxy groups -OCH3 is 3. The number of rotatable bonds is 6. The summed E-state index contributed by atoms with van der Waals surface area (Å²) in [6, 6.07) is 24.1. The number of aromatic nitrogens is 3. The number of H-pyrrole nitrogens is 1. The van der Waals surface area contributed by atoms with Crippen LogP contribution in [0.4, 0.5) is 0 Å². The standard InChI is InChI=1S/C27H23N3O3/c1-31-22-14-19(15-23(32-2)26(22)33-3)27-29-24(17-9-5-4-6-10-17)25(30-27)20-13-18-11-7-8-12-21(18)28-16-20/h4-16H,1-3H3,(H,29,30). The van der Waals surface area contributed by atoms with Crippen molar-refractivity contribution in [3.8, 4) is 51.2 Å². The molecule has 5 aromatic rings. The number of ether oxygens (including phenoxy) is 3. The molecule has 0 atom stereocenters. The van der Waals surface area contributed by atoms with Gasteiger partial charge in [0.1, 0.15) is 5.82 Å². The lowest BCUT2D eigenvalue weighted by Gasteiger charge is -2.13. The smallest absolute Gasteiger partial charge is 0.203 e. The SMILES string of the molecule is COc1cc(-c2nc(-c3cnc4ccccc4c3)c(-c3ccccc3)[nH]2)cc(OC)c1OC. The molecular formula is C27H23N3O3. The predicted molar refractivity (Wildman–Crippen MR) is 130 cm³/mol. The quantitative estimate of drug-likeness (QED) is 0.354. The molecule has 6 heteroatoms. The van der Waals surface area contributed by atoms with E-state index in [1.165, 1.54) is 0 Å². The van der Waals surface area contributed by atoms with E-state index in [1.807, 2.05) is 54.7 Å². The van der Waals surface area contributed by atoms with Crippen LogP contribution in [0.3, 0.4) is 0 Å². The van der Waals surface area contributed by atoms with Gasteiger partial charge in [0.15, 0.2) is 11.5 Å². The average molecular weight is 437 g/mol. The monoisotopic (exact) mass is 437 g/mol. The van der Waals surface area contributed by atoms with Gasteiger partial charge in [0.05, 0.1) is 38.2 Å². The summed E-state index contributed by atoms with van der Waals surface area (Å²) in [5.74, 6) is 2.37. The van der Waals surface area contributed by atoms with E-state index in [4.69, 9.17) is 19.2 Å². The first-order chi connectivity index (χ1) is 16.2. The van der Waals surface area contributed by atoms with Crippen molar-refractivity contribution in [2.75, 3.05) is 21.3 Å². The molecule has 1 N–H and O–H groups in total. The summed E-state index contributed by atoms with van der Waals surface area (Å²) in [6.07, 6.45) is 1.86. The Kier molecular flexibility index (Phi) is 5.40. The first kappa shape index (κ1) is 20.6. The van der Waals surface area contributed by atoms with Gasteiger partial charge in [-0.3, -0.25) is 4.98 Å². The summed E-state index contributed by atoms with van der Waals surface area (Å²) in [5.41, 5.74) is 5.47. The minimum absolute atomic E-state index is 0.539. The number of imidazole rings is 1. The van der Waals surface area contributed by atoms with Crippen molar-refractivity contribution in [2.45, 2.75) is 0 Å². The van der Waals surface area contributed by atoms with Crippen molar-refractivity contribution in [3.63, 3.8) is 0 Å². The molecule has 6 nitrogen and oxygen atoms in total. The Labute approximate surface area is 191 Å². The van der Waals surface area contributed by atoms with E-state index in [0.717, 1.165) is 39.0 Å². The number of para-hydroxylation sites is 1. The van der Waals surface area contributed by atoms with Gasteiger partial charge in [-0.1, -0.05) is 48.5 Å². The van der Waals surface area contributed by atoms with Gasteiger partial charge < -0.3 is 19.2 Å². The minimum Gasteiger partial charge on any atom is -0.493 e. The lowest BCUT2D eigenvalue weighted by molar-refractivity contribution is 0.324. The van der Waals surface area contributed by atoms with Crippen LogP contribution in [-0.4, -0.2) is 36.3 Å². The predicted octanol–water partition coefficient (Wildman–Crippen LogP) is 5.98. The van der Waals surface area contributed by atoms with Crippen molar-refractivity contribution in [3.05, 3.63) is 79.0 Å². The van der Waals surface area contributed by atoms with Crippen LogP contribution in [0.25, 0.3) is 44.8 Å². The van der Waals surface area contributed by atoms with E-state index >= 15 is 0 Å². The maximum atomic E-state index is 5.54. The molecule has 0 aliphatic rings. The van der Waals surface area contributed by atoms with E-state index < -0.39 is 0 Å². The highest BCUT2D eigenvalue weighted by Crippen LogP contribution is 2.42. The van der Waals surface area contributed by atoms with E-state index in [-0.39, 0.29) is 0 Å². The lowest BCUT2D eigenvalue weighted by atomic mass is 10.0. The molecule has 0 radical (unpaired) electrons. The highest BCUT2D eigenvalue weighted by Gasteiger charge is 2.19. The van der Waals surface area contributed by atoms with Crippen LogP contribution in [0.1, 0.15) is 0 Å². The fourth-order valence-corrected chi connectivity index (χ4v) is 3.95. The Morgan fingerprint density at radius 2 is 1.39 bits per heavy atom. The van der Waals surface area contributed by atoms with Gasteiger partial charge in [-0.05, 0) is 24.3 Å². The van der Waals surface area contributed by atoms with Gasteiger partial charge >= 0.3 is 0 Å². The number of hydrogen-bond acceptors (Lipinski definition) is 5. The second-order valence-corrected chi connectivity index (χ2v) is 7.51. The number of benzene rings is 3. The van der Waals surface area contributed by atoms with Crippen LogP contribution in [0.5, 0.6) is 17.2 Å². The molecule has 0 amide bonds. The molecule has 2 heterocycles. The summed E-state index contributed by atoms with van der Waals surface area (Å²) < 4.78 is 16.5. The second-order valence-electron chi connectivity index (χ2n) is 7.51. The zero-order valence-electron chi connectivity index (χ0n) is 18.6. The minimum atomic E-state index is 0.539. The van der Waals surface area contributed by atoms with Gasteiger partial charge in [-0.25, -0.2) is 4.98 Å². The molecule has 33 heavy (non-hydrogen) atoms. The van der Waals surface area contributed by atoms with Crippen LogP contribution in [0.15, 0.2) is 79.0 Å². The Morgan fingerprint density at radius 1 is 0.697 bits per heavy atom. The third-order valence-electron chi connectivity index (χ3n) is 5.57. The van der Waals surface area contributed by atoms with Gasteiger partial charge in [0, 0.05) is 28.3 Å². The fraction of sp³-hybridized carbons (Fsp3) is 0.111. The van der Waals surface area contributed by atoms with Gasteiger partial charge in [0.25, 0.3) is 0 Å². The normalized spacial score (nSPS) is 10.9. The Hall–Kier alpha value is -4.32. The Morgan fingerprint density at radius 3 is 2.09 bits per heavy atom. The summed E-state index contributed by atoms with van der Waals surface area (Å²) in [4.78, 5) is 13.1. The van der Waals surface area contributed by atoms with Gasteiger partial charge in [-0.2, -0.15) is 0 Å². The zero-order chi connectivity index (χ0) is 22.8. The molecule has 0 saturated heterocycles. The highest BCUT2D eigenvalue weighted by molar-refractivity contribution is 5.87. The number of nitrogens with zero attached hydrogens (tertiary/aromatic N) is 2. The largest absolute Gasteiger partial charge is 0.493 e. The van der Waals surface area contributed by atoms with Gasteiger partial charge in [0.2, 0.25) is 5.75 Å². The highest BCUT2D eigenvalue weighted by atomic mass is 16.5. The van der Waals surface area contributed by atoms with E-state index in [0.29, 0.717) is 23.1 Å². The average Bonchev–Trinajstić information content (AvgIpc) is 3.33. The van der Waals surface area contributed by atoms with Crippen LogP contribution >= 0.6 is 0 Å². The molecule has 0 aliphatic heterocycles. The third-order valence-corrected chi connectivity index (χ3v) is 5.57. The van der Waals surface area contributed by atoms with E-state index in [2.05, 4.69) is 34.2 Å². The van der Waals surface area contributed by atoms with Crippen molar-refractivity contribution >= 4 is 10.9 Å². The zero-order valence-corrected chi connectivity index (χ0v) is 18.6. The maximum absolute atomic E-state index is 5.54. The molecule has 0 unspecified atom stereocenters. The van der Waals surface area contributed by atoms with Crippen molar-refractivity contribution in [1.29, 1.82) is 0 Å². The van der Waals surface area contributed by atoms with E-state index in [9.17, 15) is 0 Å². The second kappa shape index (κ2) is 8.67. The number of fused-ring (bicyclic) bond motifs is 1.